The molecule has 20 heavy (non-hydrogen) atoms. The Labute approximate surface area is 125 Å². The van der Waals surface area contributed by atoms with Crippen LogP contribution in [0.25, 0.3) is 0 Å². The highest BCUT2D eigenvalue weighted by Gasteiger charge is 2.06. The van der Waals surface area contributed by atoms with Crippen LogP contribution in [0, 0.1) is 0 Å². The van der Waals surface area contributed by atoms with Crippen molar-refractivity contribution in [2.24, 2.45) is 5.84 Å². The van der Waals surface area contributed by atoms with Gasteiger partial charge in [-0.2, -0.15) is 0 Å². The van der Waals surface area contributed by atoms with Crippen molar-refractivity contribution >= 4 is 27.6 Å². The Morgan fingerprint density at radius 1 is 1.30 bits per heavy atom. The molecule has 7 heteroatoms. The Morgan fingerprint density at radius 2 is 2.10 bits per heavy atom. The highest BCUT2D eigenvalue weighted by Crippen LogP contribution is 2.25. The number of hydrogen-bond acceptors (Lipinski definition) is 6. The number of rotatable bonds is 6. The lowest BCUT2D eigenvalue weighted by Crippen LogP contribution is -2.12. The first-order valence-electron chi connectivity index (χ1n) is 6.08. The van der Waals surface area contributed by atoms with Gasteiger partial charge in [0.05, 0.1) is 7.11 Å². The first-order chi connectivity index (χ1) is 9.74. The smallest absolute Gasteiger partial charge is 0.159 e. The molecule has 0 aliphatic heterocycles. The fourth-order valence-corrected chi connectivity index (χ4v) is 2.21. The van der Waals surface area contributed by atoms with Gasteiger partial charge in [-0.05, 0) is 40.0 Å². The average Bonchev–Trinajstić information content (AvgIpc) is 2.49. The summed E-state index contributed by atoms with van der Waals surface area (Å²) in [7, 11) is 1.66. The molecule has 4 N–H and O–H groups in total. The summed E-state index contributed by atoms with van der Waals surface area (Å²) < 4.78 is 5.91. The number of nitrogens with one attached hydrogen (secondary N) is 2. The van der Waals surface area contributed by atoms with E-state index in [1.54, 1.807) is 7.11 Å². The molecule has 0 bridgehead atoms. The lowest BCUT2D eigenvalue weighted by molar-refractivity contribution is 0.414. The van der Waals surface area contributed by atoms with Crippen LogP contribution in [0.15, 0.2) is 35.1 Å². The summed E-state index contributed by atoms with van der Waals surface area (Å²) in [4.78, 5) is 8.16. The van der Waals surface area contributed by atoms with Crippen LogP contribution in [0.1, 0.15) is 5.56 Å². The van der Waals surface area contributed by atoms with Crippen LogP contribution in [-0.4, -0.2) is 23.6 Å². The van der Waals surface area contributed by atoms with Gasteiger partial charge in [-0.25, -0.2) is 15.8 Å². The van der Waals surface area contributed by atoms with E-state index in [9.17, 15) is 0 Å². The van der Waals surface area contributed by atoms with Gasteiger partial charge in [-0.1, -0.05) is 12.1 Å². The maximum absolute atomic E-state index is 5.36. The lowest BCUT2D eigenvalue weighted by Gasteiger charge is -2.10. The van der Waals surface area contributed by atoms with Crippen molar-refractivity contribution in [2.75, 3.05) is 24.4 Å². The quantitative estimate of drug-likeness (QED) is 0.553. The largest absolute Gasteiger partial charge is 0.497 e. The van der Waals surface area contributed by atoms with Crippen molar-refractivity contribution in [1.82, 2.24) is 9.97 Å². The summed E-state index contributed by atoms with van der Waals surface area (Å²) in [6.45, 7) is 0.743. The summed E-state index contributed by atoms with van der Waals surface area (Å²) in [5.41, 5.74) is 3.70. The van der Waals surface area contributed by atoms with Gasteiger partial charge >= 0.3 is 0 Å². The summed E-state index contributed by atoms with van der Waals surface area (Å²) in [6.07, 6.45) is 2.31. The zero-order valence-corrected chi connectivity index (χ0v) is 12.6. The van der Waals surface area contributed by atoms with Gasteiger partial charge < -0.3 is 15.5 Å². The van der Waals surface area contributed by atoms with Crippen molar-refractivity contribution in [1.29, 1.82) is 0 Å². The maximum Gasteiger partial charge on any atom is 0.159 e. The number of ether oxygens (including phenoxy) is 1. The number of anilines is 2. The molecule has 0 unspecified atom stereocenters. The molecule has 0 spiro atoms. The number of hydrazine groups is 1. The van der Waals surface area contributed by atoms with Gasteiger partial charge in [0.15, 0.2) is 5.82 Å². The van der Waals surface area contributed by atoms with Crippen molar-refractivity contribution < 1.29 is 4.74 Å². The van der Waals surface area contributed by atoms with Gasteiger partial charge in [0.1, 0.15) is 22.4 Å². The highest BCUT2D eigenvalue weighted by molar-refractivity contribution is 9.10. The number of halogens is 1. The second-order valence-electron chi connectivity index (χ2n) is 4.06. The molecule has 1 aromatic carbocycles. The number of benzene rings is 1. The van der Waals surface area contributed by atoms with E-state index in [1.165, 1.54) is 11.9 Å². The van der Waals surface area contributed by atoms with E-state index in [1.807, 2.05) is 18.2 Å². The summed E-state index contributed by atoms with van der Waals surface area (Å²) >= 11 is 3.40. The normalized spacial score (nSPS) is 10.2. The standard InChI is InChI=1S/C13H16BrN5O/c1-20-10-4-2-3-9(7-10)5-6-16-12-11(14)13(19-15)18-8-17-12/h2-4,7-8H,5-6,15H2,1H3,(H2,16,17,18,19). The molecule has 1 heterocycles. The SMILES string of the molecule is COc1cccc(CCNc2ncnc(NN)c2Br)c1. The van der Waals surface area contributed by atoms with Crippen molar-refractivity contribution in [3.8, 4) is 5.75 Å². The molecular formula is C13H16BrN5O. The Bertz CT molecular complexity index is 578. The second-order valence-corrected chi connectivity index (χ2v) is 4.85. The van der Waals surface area contributed by atoms with Gasteiger partial charge in [0.2, 0.25) is 0 Å². The Kier molecular flexibility index (Phi) is 5.14. The highest BCUT2D eigenvalue weighted by atomic mass is 79.9. The second kappa shape index (κ2) is 7.06. The predicted molar refractivity (Wildman–Crippen MR) is 82.7 cm³/mol. The average molecular weight is 338 g/mol. The molecule has 0 saturated heterocycles. The molecule has 0 radical (unpaired) electrons. The lowest BCUT2D eigenvalue weighted by atomic mass is 10.1. The van der Waals surface area contributed by atoms with Crippen LogP contribution in [0.2, 0.25) is 0 Å². The van der Waals surface area contributed by atoms with E-state index in [-0.39, 0.29) is 0 Å². The first-order valence-corrected chi connectivity index (χ1v) is 6.88. The minimum absolute atomic E-state index is 0.545. The molecule has 0 fully saturated rings. The van der Waals surface area contributed by atoms with Crippen LogP contribution >= 0.6 is 15.9 Å². The number of nitrogens with zero attached hydrogens (tertiary/aromatic N) is 2. The molecular weight excluding hydrogens is 322 g/mol. The van der Waals surface area contributed by atoms with Crippen LogP contribution in [0.3, 0.4) is 0 Å². The summed E-state index contributed by atoms with van der Waals surface area (Å²) in [5.74, 6) is 7.47. The molecule has 0 aliphatic carbocycles. The van der Waals surface area contributed by atoms with E-state index in [4.69, 9.17) is 10.6 Å². The fraction of sp³-hybridized carbons (Fsp3) is 0.231. The van der Waals surface area contributed by atoms with E-state index >= 15 is 0 Å². The summed E-state index contributed by atoms with van der Waals surface area (Å²) in [5, 5.41) is 3.24. The number of methoxy groups -OCH3 is 1. The Morgan fingerprint density at radius 3 is 2.85 bits per heavy atom. The van der Waals surface area contributed by atoms with Crippen molar-refractivity contribution in [3.05, 3.63) is 40.6 Å². The van der Waals surface area contributed by atoms with Gasteiger partial charge in [0, 0.05) is 6.54 Å². The van der Waals surface area contributed by atoms with Crippen LogP contribution in [0.5, 0.6) is 5.75 Å². The summed E-state index contributed by atoms with van der Waals surface area (Å²) in [6, 6.07) is 7.98. The monoisotopic (exact) mass is 337 g/mol. The molecule has 0 amide bonds. The van der Waals surface area contributed by atoms with E-state index < -0.39 is 0 Å². The minimum Gasteiger partial charge on any atom is -0.497 e. The number of aromatic nitrogens is 2. The number of hydrogen-bond donors (Lipinski definition) is 3. The molecule has 6 nitrogen and oxygen atoms in total. The predicted octanol–water partition coefficient (Wildman–Crippen LogP) is 2.19. The zero-order chi connectivity index (χ0) is 14.4. The number of nitrogens with two attached hydrogens (primary N) is 1. The van der Waals surface area contributed by atoms with Crippen molar-refractivity contribution in [3.63, 3.8) is 0 Å². The topological polar surface area (TPSA) is 85.1 Å². The maximum atomic E-state index is 5.36. The molecule has 1 aromatic heterocycles. The zero-order valence-electron chi connectivity index (χ0n) is 11.1. The van der Waals surface area contributed by atoms with Crippen LogP contribution in [-0.2, 0) is 6.42 Å². The van der Waals surface area contributed by atoms with E-state index in [2.05, 4.69) is 42.7 Å². The van der Waals surface area contributed by atoms with Gasteiger partial charge in [-0.3, -0.25) is 0 Å². The molecule has 106 valence electrons. The molecule has 0 saturated carbocycles. The van der Waals surface area contributed by atoms with E-state index in [0.29, 0.717) is 16.1 Å². The minimum atomic E-state index is 0.545. The Balaban J connectivity index is 1.96. The fourth-order valence-electron chi connectivity index (χ4n) is 1.75. The molecule has 2 aromatic rings. The van der Waals surface area contributed by atoms with E-state index in [0.717, 1.165) is 18.7 Å². The number of nitrogen functional groups attached to an aromatic ring is 1. The third kappa shape index (κ3) is 3.58. The third-order valence-electron chi connectivity index (χ3n) is 2.77. The van der Waals surface area contributed by atoms with Gasteiger partial charge in [0.25, 0.3) is 0 Å². The Hall–Kier alpha value is -1.86. The molecule has 0 atom stereocenters. The molecule has 0 aliphatic rings. The van der Waals surface area contributed by atoms with Gasteiger partial charge in [-0.15, -0.1) is 0 Å². The molecule has 2 rings (SSSR count). The third-order valence-corrected chi connectivity index (χ3v) is 3.52. The first kappa shape index (κ1) is 14.5. The van der Waals surface area contributed by atoms with Crippen molar-refractivity contribution in [2.45, 2.75) is 6.42 Å². The van der Waals surface area contributed by atoms with Crippen LogP contribution in [0.4, 0.5) is 11.6 Å². The van der Waals surface area contributed by atoms with Crippen LogP contribution < -0.4 is 21.3 Å².